The second kappa shape index (κ2) is 5.11. The first-order valence-electron chi connectivity index (χ1n) is 4.89. The van der Waals surface area contributed by atoms with E-state index in [4.69, 9.17) is 0 Å². The van der Waals surface area contributed by atoms with Crippen LogP contribution in [0.3, 0.4) is 0 Å². The zero-order valence-corrected chi connectivity index (χ0v) is 9.54. The fourth-order valence-corrected chi connectivity index (χ4v) is 1.31. The summed E-state index contributed by atoms with van der Waals surface area (Å²) in [7, 11) is 0. The lowest BCUT2D eigenvalue weighted by Crippen LogP contribution is -2.30. The normalized spacial score (nSPS) is 13.2. The molecule has 21 heavy (non-hydrogen) atoms. The molecule has 0 unspecified atom stereocenters. The number of anilines is 1. The number of hydrogen-bond donors (Lipinski definition) is 1. The highest BCUT2D eigenvalue weighted by Crippen LogP contribution is 2.41. The van der Waals surface area contributed by atoms with Crippen molar-refractivity contribution in [2.75, 3.05) is 5.32 Å². The van der Waals surface area contributed by atoms with E-state index in [0.717, 1.165) is 5.32 Å². The van der Waals surface area contributed by atoms with Gasteiger partial charge >= 0.3 is 24.4 Å². The van der Waals surface area contributed by atoms with Crippen LogP contribution < -0.4 is 5.32 Å². The van der Waals surface area contributed by atoms with Crippen molar-refractivity contribution in [1.29, 1.82) is 0 Å². The molecule has 0 aliphatic heterocycles. The zero-order valence-electron chi connectivity index (χ0n) is 9.54. The minimum absolute atomic E-state index is 0.0607. The van der Waals surface area contributed by atoms with Crippen LogP contribution in [0.1, 0.15) is 11.1 Å². The van der Waals surface area contributed by atoms with Gasteiger partial charge in [-0.05, 0) is 18.2 Å². The second-order valence-corrected chi connectivity index (χ2v) is 3.71. The number of carbonyl (C=O) groups is 1. The molecule has 1 rings (SSSR count). The summed E-state index contributed by atoms with van der Waals surface area (Å²) in [5.41, 5.74) is -5.33. The Bertz CT molecular complexity index is 541. The van der Waals surface area contributed by atoms with Gasteiger partial charge in [-0.25, -0.2) is 0 Å². The summed E-state index contributed by atoms with van der Waals surface area (Å²) in [5, 5.41) is 1.04. The Balaban J connectivity index is 3.27. The van der Waals surface area contributed by atoms with Crippen molar-refractivity contribution < 1.29 is 44.3 Å². The van der Waals surface area contributed by atoms with Crippen molar-refractivity contribution in [3.63, 3.8) is 0 Å². The molecule has 0 atom stereocenters. The average molecular weight is 325 g/mol. The fourth-order valence-electron chi connectivity index (χ4n) is 1.31. The molecule has 1 N–H and O–H groups in total. The zero-order chi connectivity index (χ0) is 16.6. The summed E-state index contributed by atoms with van der Waals surface area (Å²) >= 11 is 0. The minimum atomic E-state index is -5.45. The molecule has 0 saturated heterocycles. The van der Waals surface area contributed by atoms with Gasteiger partial charge in [-0.3, -0.25) is 4.79 Å². The average Bonchev–Trinajstić information content (AvgIpc) is 2.24. The van der Waals surface area contributed by atoms with Crippen LogP contribution >= 0.6 is 0 Å². The third-order valence-electron chi connectivity index (χ3n) is 2.15. The third-order valence-corrected chi connectivity index (χ3v) is 2.15. The number of carbonyl (C=O) groups excluding carboxylic acids is 1. The van der Waals surface area contributed by atoms with E-state index in [1.54, 1.807) is 0 Å². The maximum absolute atomic E-state index is 12.5. The molecular weight excluding hydrogens is 321 g/mol. The first-order chi connectivity index (χ1) is 9.23. The van der Waals surface area contributed by atoms with Crippen LogP contribution in [0.15, 0.2) is 18.2 Å². The van der Waals surface area contributed by atoms with Crippen LogP contribution in [0.5, 0.6) is 0 Å². The summed E-state index contributed by atoms with van der Waals surface area (Å²) in [6.07, 6.45) is -16.2. The first-order valence-corrected chi connectivity index (χ1v) is 4.89. The number of amides is 1. The molecule has 0 heterocycles. The van der Waals surface area contributed by atoms with E-state index < -0.39 is 41.3 Å². The van der Waals surface area contributed by atoms with Crippen LogP contribution in [-0.2, 0) is 17.1 Å². The van der Waals surface area contributed by atoms with Crippen molar-refractivity contribution in [2.24, 2.45) is 0 Å². The Morgan fingerprint density at radius 2 is 1.29 bits per heavy atom. The van der Waals surface area contributed by atoms with Crippen LogP contribution in [-0.4, -0.2) is 12.1 Å². The molecule has 2 nitrogen and oxygen atoms in total. The van der Waals surface area contributed by atoms with E-state index in [1.165, 1.54) is 0 Å². The van der Waals surface area contributed by atoms with E-state index in [2.05, 4.69) is 0 Å². The van der Waals surface area contributed by atoms with E-state index >= 15 is 0 Å². The molecule has 1 aromatic carbocycles. The monoisotopic (exact) mass is 325 g/mol. The lowest BCUT2D eigenvalue weighted by atomic mass is 10.1. The third kappa shape index (κ3) is 4.26. The molecule has 1 amide bonds. The standard InChI is InChI=1S/C10H4F9NO/c11-8(12,13)5-2-1-4(3-6(5)9(14,15)16)20-7(21)10(17,18)19/h1-3H,(H,20,21). The Kier molecular flexibility index (Phi) is 4.17. The molecule has 1 aromatic rings. The lowest BCUT2D eigenvalue weighted by molar-refractivity contribution is -0.167. The largest absolute Gasteiger partial charge is 0.471 e. The molecule has 0 bridgehead atoms. The Morgan fingerprint density at radius 1 is 0.810 bits per heavy atom. The predicted molar refractivity (Wildman–Crippen MR) is 51.1 cm³/mol. The molecule has 0 spiro atoms. The van der Waals surface area contributed by atoms with Gasteiger partial charge in [0.25, 0.3) is 0 Å². The molecule has 0 aliphatic rings. The number of alkyl halides is 9. The van der Waals surface area contributed by atoms with Crippen molar-refractivity contribution >= 4 is 11.6 Å². The highest BCUT2D eigenvalue weighted by molar-refractivity contribution is 5.95. The van der Waals surface area contributed by atoms with Gasteiger partial charge < -0.3 is 5.32 Å². The number of benzene rings is 1. The molecule has 0 radical (unpaired) electrons. The maximum Gasteiger partial charge on any atom is 0.471 e. The van der Waals surface area contributed by atoms with E-state index in [9.17, 15) is 44.3 Å². The molecule has 0 aliphatic carbocycles. The van der Waals surface area contributed by atoms with Crippen molar-refractivity contribution in [3.05, 3.63) is 29.3 Å². The minimum Gasteiger partial charge on any atom is -0.318 e. The predicted octanol–water partition coefficient (Wildman–Crippen LogP) is 4.23. The topological polar surface area (TPSA) is 29.1 Å². The molecular formula is C10H4F9NO. The quantitative estimate of drug-likeness (QED) is 0.770. The van der Waals surface area contributed by atoms with Gasteiger partial charge in [-0.1, -0.05) is 0 Å². The number of rotatable bonds is 1. The molecule has 118 valence electrons. The van der Waals surface area contributed by atoms with Crippen LogP contribution in [0.2, 0.25) is 0 Å². The van der Waals surface area contributed by atoms with E-state index in [1.807, 2.05) is 0 Å². The number of nitrogens with one attached hydrogen (secondary N) is 1. The molecule has 11 heteroatoms. The summed E-state index contributed by atoms with van der Waals surface area (Å²) in [6, 6.07) is 0.0168. The van der Waals surface area contributed by atoms with Gasteiger partial charge in [0.05, 0.1) is 11.1 Å². The SMILES string of the molecule is O=C(Nc1ccc(C(F)(F)F)c(C(F)(F)F)c1)C(F)(F)F. The van der Waals surface area contributed by atoms with Gasteiger partial charge in [0.1, 0.15) is 0 Å². The van der Waals surface area contributed by atoms with E-state index in [0.29, 0.717) is 6.07 Å². The smallest absolute Gasteiger partial charge is 0.318 e. The summed E-state index contributed by atoms with van der Waals surface area (Å²) < 4.78 is 110. The number of hydrogen-bond acceptors (Lipinski definition) is 1. The van der Waals surface area contributed by atoms with Gasteiger partial charge in [0.15, 0.2) is 0 Å². The highest BCUT2D eigenvalue weighted by atomic mass is 19.4. The van der Waals surface area contributed by atoms with Gasteiger partial charge in [0.2, 0.25) is 0 Å². The second-order valence-electron chi connectivity index (χ2n) is 3.71. The summed E-state index contributed by atoms with van der Waals surface area (Å²) in [6.45, 7) is 0. The first kappa shape index (κ1) is 17.1. The molecule has 0 aromatic heterocycles. The summed E-state index contributed by atoms with van der Waals surface area (Å²) in [5.74, 6) is -2.60. The van der Waals surface area contributed by atoms with E-state index in [-0.39, 0.29) is 12.1 Å². The highest BCUT2D eigenvalue weighted by Gasteiger charge is 2.44. The van der Waals surface area contributed by atoms with Gasteiger partial charge in [-0.15, -0.1) is 0 Å². The summed E-state index contributed by atoms with van der Waals surface area (Å²) in [4.78, 5) is 10.5. The van der Waals surface area contributed by atoms with Crippen LogP contribution in [0.25, 0.3) is 0 Å². The van der Waals surface area contributed by atoms with Crippen LogP contribution in [0.4, 0.5) is 45.2 Å². The Hall–Kier alpha value is -1.94. The number of halogens is 9. The molecule has 0 saturated carbocycles. The van der Waals surface area contributed by atoms with Crippen molar-refractivity contribution in [2.45, 2.75) is 18.5 Å². The maximum atomic E-state index is 12.5. The Morgan fingerprint density at radius 3 is 1.67 bits per heavy atom. The lowest BCUT2D eigenvalue weighted by Gasteiger charge is -2.17. The van der Waals surface area contributed by atoms with Gasteiger partial charge in [-0.2, -0.15) is 39.5 Å². The van der Waals surface area contributed by atoms with Crippen molar-refractivity contribution in [3.8, 4) is 0 Å². The van der Waals surface area contributed by atoms with Gasteiger partial charge in [0, 0.05) is 5.69 Å². The van der Waals surface area contributed by atoms with Crippen LogP contribution in [0, 0.1) is 0 Å². The Labute approximate surface area is 110 Å². The fraction of sp³-hybridized carbons (Fsp3) is 0.300. The molecule has 0 fully saturated rings. The van der Waals surface area contributed by atoms with Crippen molar-refractivity contribution in [1.82, 2.24) is 0 Å².